The number of allylic oxidation sites excluding steroid dienone is 2. The molecule has 0 unspecified atom stereocenters. The van der Waals surface area contributed by atoms with Gasteiger partial charge in [-0.1, -0.05) is 64.5 Å². The van der Waals surface area contributed by atoms with E-state index in [4.69, 9.17) is 33.2 Å². The quantitative estimate of drug-likeness (QED) is 0.258. The summed E-state index contributed by atoms with van der Waals surface area (Å²) in [5.74, 6) is -1.98. The zero-order chi connectivity index (χ0) is 37.5. The summed E-state index contributed by atoms with van der Waals surface area (Å²) in [6.45, 7) is 14.3. The standard InChI is InChI=1S/C41H62O11/c1-9-22(2)37-25(5)15-16-40(52-37)20-30-18-29(51-40)14-13-24(4)36(50-33-19-32(46-8)35(43)27(7)48-33)23(3)11-10-12-28-21-47-38-34(42)26(6)17-31(39(44)49-30)41(28,38)45/h10-13,17,22-23,25,27,29-38,42-43,45H,9,14-16,18-21H2,1-8H3/b11-10-,24-13-,28-12?/t22-,23-,25-,27-,29+,30-,31-,32-,33-,34+,35-,36-,37+,38+,40+,41+/m0/s1. The van der Waals surface area contributed by atoms with E-state index in [9.17, 15) is 20.1 Å². The summed E-state index contributed by atoms with van der Waals surface area (Å²) in [5, 5.41) is 34.1. The first-order chi connectivity index (χ1) is 24.7. The van der Waals surface area contributed by atoms with Crippen LogP contribution in [0.15, 0.2) is 47.1 Å². The van der Waals surface area contributed by atoms with Crippen LogP contribution in [0, 0.1) is 23.7 Å². The van der Waals surface area contributed by atoms with Crippen LogP contribution in [-0.4, -0.2) is 108 Å². The maximum Gasteiger partial charge on any atom is 0.316 e. The van der Waals surface area contributed by atoms with Gasteiger partial charge in [-0.25, -0.2) is 0 Å². The van der Waals surface area contributed by atoms with Gasteiger partial charge in [0.1, 0.15) is 35.9 Å². The lowest BCUT2D eigenvalue weighted by atomic mass is 9.71. The van der Waals surface area contributed by atoms with E-state index >= 15 is 0 Å². The molecule has 0 aromatic carbocycles. The zero-order valence-electron chi connectivity index (χ0n) is 32.2. The van der Waals surface area contributed by atoms with Crippen molar-refractivity contribution in [3.63, 3.8) is 0 Å². The van der Waals surface area contributed by atoms with Crippen molar-refractivity contribution in [1.82, 2.24) is 0 Å². The SMILES string of the molecule is CC[C@H](C)[C@H]1O[C@]2(CC[C@@H]1C)C[C@@H]1C[C@@H](C/C=C(/C)[C@@H](O[C@H]3C[C@H](OC)[C@@H](O)[C@H](C)O3)[C@@H](C)/C=C\C=C3CO[C@@H]4[C@H](O)C(C)=C[C@@H](C(=O)O1)[C@]34O)O2. The number of hydrogen-bond donors (Lipinski definition) is 3. The third-order valence-electron chi connectivity index (χ3n) is 12.7. The molecule has 52 heavy (non-hydrogen) atoms. The Morgan fingerprint density at radius 1 is 1.08 bits per heavy atom. The Kier molecular flexibility index (Phi) is 12.3. The van der Waals surface area contributed by atoms with Crippen LogP contribution in [0.3, 0.4) is 0 Å². The first kappa shape index (κ1) is 39.8. The summed E-state index contributed by atoms with van der Waals surface area (Å²) in [7, 11) is 1.58. The highest BCUT2D eigenvalue weighted by Crippen LogP contribution is 2.48. The van der Waals surface area contributed by atoms with Crippen molar-refractivity contribution in [1.29, 1.82) is 0 Å². The van der Waals surface area contributed by atoms with Crippen LogP contribution in [-0.2, 0) is 38.0 Å². The number of aliphatic hydroxyl groups excluding tert-OH is 2. The molecular weight excluding hydrogens is 668 g/mol. The Morgan fingerprint density at radius 3 is 2.58 bits per heavy atom. The Labute approximate surface area is 309 Å². The summed E-state index contributed by atoms with van der Waals surface area (Å²) in [4.78, 5) is 14.2. The number of ether oxygens (including phenoxy) is 7. The van der Waals surface area contributed by atoms with E-state index in [1.807, 2.05) is 26.0 Å². The first-order valence-corrected chi connectivity index (χ1v) is 19.5. The van der Waals surface area contributed by atoms with Gasteiger partial charge in [0.25, 0.3) is 0 Å². The average Bonchev–Trinajstić information content (AvgIpc) is 3.45. The minimum Gasteiger partial charge on any atom is -0.462 e. The second kappa shape index (κ2) is 16.0. The van der Waals surface area contributed by atoms with E-state index in [1.165, 1.54) is 0 Å². The molecule has 0 amide bonds. The zero-order valence-corrected chi connectivity index (χ0v) is 32.2. The largest absolute Gasteiger partial charge is 0.462 e. The topological polar surface area (TPSA) is 142 Å². The van der Waals surface area contributed by atoms with Gasteiger partial charge in [-0.3, -0.25) is 4.79 Å². The minimum absolute atomic E-state index is 0.0111. The van der Waals surface area contributed by atoms with Crippen molar-refractivity contribution in [2.45, 2.75) is 166 Å². The number of carbonyl (C=O) groups excluding carboxylic acids is 1. The Hall–Kier alpha value is -1.93. The predicted octanol–water partition coefficient (Wildman–Crippen LogP) is 5.07. The average molecular weight is 731 g/mol. The van der Waals surface area contributed by atoms with Gasteiger partial charge >= 0.3 is 5.97 Å². The molecule has 1 spiro atoms. The molecule has 0 aromatic heterocycles. The van der Waals surface area contributed by atoms with E-state index in [2.05, 4.69) is 33.8 Å². The van der Waals surface area contributed by atoms with Crippen LogP contribution in [0.1, 0.15) is 93.4 Å². The molecule has 6 rings (SSSR count). The maximum absolute atomic E-state index is 14.2. The second-order valence-corrected chi connectivity index (χ2v) is 16.5. The first-order valence-electron chi connectivity index (χ1n) is 19.5. The van der Waals surface area contributed by atoms with Gasteiger partial charge in [0.05, 0.1) is 37.1 Å². The van der Waals surface area contributed by atoms with Crippen LogP contribution >= 0.6 is 0 Å². The third-order valence-corrected chi connectivity index (χ3v) is 12.7. The van der Waals surface area contributed by atoms with Gasteiger partial charge in [0.2, 0.25) is 0 Å². The van der Waals surface area contributed by atoms with Crippen molar-refractivity contribution >= 4 is 5.97 Å². The molecule has 292 valence electrons. The predicted molar refractivity (Wildman–Crippen MR) is 193 cm³/mol. The lowest BCUT2D eigenvalue weighted by molar-refractivity contribution is -0.340. The molecule has 0 saturated carbocycles. The fourth-order valence-corrected chi connectivity index (χ4v) is 9.27. The Balaban J connectivity index is 1.37. The van der Waals surface area contributed by atoms with Gasteiger partial charge < -0.3 is 48.5 Å². The van der Waals surface area contributed by atoms with Crippen LogP contribution in [0.4, 0.5) is 0 Å². The van der Waals surface area contributed by atoms with Crippen LogP contribution in [0.25, 0.3) is 0 Å². The minimum atomic E-state index is -1.80. The highest BCUT2D eigenvalue weighted by atomic mass is 16.7. The lowest BCUT2D eigenvalue weighted by Gasteiger charge is -2.51. The van der Waals surface area contributed by atoms with Gasteiger partial charge in [-0.05, 0) is 62.2 Å². The molecular formula is C41H62O11. The summed E-state index contributed by atoms with van der Waals surface area (Å²) < 4.78 is 44.6. The van der Waals surface area contributed by atoms with E-state index in [0.29, 0.717) is 55.1 Å². The molecule has 0 aromatic rings. The smallest absolute Gasteiger partial charge is 0.316 e. The number of fused-ring (bicyclic) bond motifs is 2. The number of carbonyl (C=O) groups is 1. The Morgan fingerprint density at radius 2 is 1.85 bits per heavy atom. The fraction of sp³-hybridized carbons (Fsp3) is 0.780. The summed E-state index contributed by atoms with van der Waals surface area (Å²) in [6.07, 6.45) is 8.24. The third kappa shape index (κ3) is 7.77. The van der Waals surface area contributed by atoms with Gasteiger partial charge in [0, 0.05) is 38.7 Å². The maximum atomic E-state index is 14.2. The normalized spacial score (nSPS) is 48.1. The van der Waals surface area contributed by atoms with Crippen molar-refractivity contribution in [3.8, 4) is 0 Å². The van der Waals surface area contributed by atoms with E-state index < -0.39 is 72.3 Å². The van der Waals surface area contributed by atoms with Crippen molar-refractivity contribution in [2.75, 3.05) is 13.7 Å². The van der Waals surface area contributed by atoms with Crippen LogP contribution in [0.2, 0.25) is 0 Å². The van der Waals surface area contributed by atoms with Gasteiger partial charge in [-0.2, -0.15) is 0 Å². The number of aliphatic hydroxyl groups is 3. The molecule has 0 radical (unpaired) electrons. The molecule has 4 saturated heterocycles. The van der Waals surface area contributed by atoms with Gasteiger partial charge in [-0.15, -0.1) is 0 Å². The second-order valence-electron chi connectivity index (χ2n) is 16.5. The van der Waals surface area contributed by atoms with Gasteiger partial charge in [0.15, 0.2) is 12.1 Å². The van der Waals surface area contributed by atoms with Crippen molar-refractivity contribution in [2.24, 2.45) is 23.7 Å². The van der Waals surface area contributed by atoms with E-state index in [0.717, 1.165) is 18.4 Å². The highest BCUT2D eigenvalue weighted by Gasteiger charge is 2.60. The molecule has 11 heteroatoms. The van der Waals surface area contributed by atoms with E-state index in [1.54, 1.807) is 26.2 Å². The van der Waals surface area contributed by atoms with Crippen LogP contribution in [0.5, 0.6) is 0 Å². The van der Waals surface area contributed by atoms with E-state index in [-0.39, 0.29) is 24.7 Å². The summed E-state index contributed by atoms with van der Waals surface area (Å²) in [5.41, 5.74) is 0.238. The molecule has 1 aliphatic carbocycles. The molecule has 3 N–H and O–H groups in total. The number of methoxy groups -OCH3 is 1. The summed E-state index contributed by atoms with van der Waals surface area (Å²) in [6, 6.07) is 0. The molecule has 4 fully saturated rings. The van der Waals surface area contributed by atoms with Crippen LogP contribution < -0.4 is 0 Å². The highest BCUT2D eigenvalue weighted by molar-refractivity contribution is 5.78. The summed E-state index contributed by atoms with van der Waals surface area (Å²) >= 11 is 0. The van der Waals surface area contributed by atoms with Crippen molar-refractivity contribution in [3.05, 3.63) is 47.1 Å². The molecule has 11 nitrogen and oxygen atoms in total. The molecule has 5 aliphatic heterocycles. The number of hydrogen-bond acceptors (Lipinski definition) is 11. The Bertz CT molecular complexity index is 1400. The molecule has 16 atom stereocenters. The number of esters is 1. The van der Waals surface area contributed by atoms with Crippen molar-refractivity contribution < 1.29 is 53.3 Å². The fourth-order valence-electron chi connectivity index (χ4n) is 9.27. The monoisotopic (exact) mass is 730 g/mol. The number of rotatable bonds is 5. The molecule has 5 heterocycles. The molecule has 2 bridgehead atoms. The lowest BCUT2D eigenvalue weighted by Crippen LogP contribution is -2.58. The molecule has 6 aliphatic rings.